The fourth-order valence-corrected chi connectivity index (χ4v) is 4.66. The van der Waals surface area contributed by atoms with Crippen molar-refractivity contribution < 1.29 is 13.2 Å². The Labute approximate surface area is 164 Å². The average molecular weight is 398 g/mol. The number of fused-ring (bicyclic) bond motifs is 1. The van der Waals surface area contributed by atoms with Crippen LogP contribution in [0, 0.1) is 6.92 Å². The van der Waals surface area contributed by atoms with Crippen molar-refractivity contribution in [1.82, 2.24) is 14.5 Å². The summed E-state index contributed by atoms with van der Waals surface area (Å²) in [4.78, 5) is 12.4. The third-order valence-electron chi connectivity index (χ3n) is 4.98. The zero-order chi connectivity index (χ0) is 19.9. The fraction of sp³-hybridized carbons (Fsp3) is 0.333. The van der Waals surface area contributed by atoms with E-state index < -0.39 is 10.0 Å². The lowest BCUT2D eigenvalue weighted by Gasteiger charge is -2.10. The van der Waals surface area contributed by atoms with Crippen molar-refractivity contribution in [3.05, 3.63) is 53.7 Å². The Morgan fingerprint density at radius 2 is 2.00 bits per heavy atom. The topological polar surface area (TPSA) is 81.1 Å². The Morgan fingerprint density at radius 3 is 2.71 bits per heavy atom. The van der Waals surface area contributed by atoms with Gasteiger partial charge in [-0.05, 0) is 67.1 Å². The Bertz CT molecular complexity index is 1160. The average Bonchev–Trinajstić information content (AvgIpc) is 3.36. The minimum absolute atomic E-state index is 0.0525. The van der Waals surface area contributed by atoms with Gasteiger partial charge in [0.1, 0.15) is 0 Å². The van der Waals surface area contributed by atoms with Gasteiger partial charge < -0.3 is 5.32 Å². The predicted molar refractivity (Wildman–Crippen MR) is 110 cm³/mol. The quantitative estimate of drug-likeness (QED) is 0.690. The van der Waals surface area contributed by atoms with E-state index in [2.05, 4.69) is 10.4 Å². The normalized spacial score (nSPS) is 14.4. The van der Waals surface area contributed by atoms with Crippen LogP contribution >= 0.6 is 0 Å². The molecule has 146 valence electrons. The van der Waals surface area contributed by atoms with Crippen LogP contribution in [0.25, 0.3) is 22.0 Å². The number of rotatable bonds is 6. The molecule has 0 unspecified atom stereocenters. The second-order valence-corrected chi connectivity index (χ2v) is 9.27. The summed E-state index contributed by atoms with van der Waals surface area (Å²) < 4.78 is 25.9. The van der Waals surface area contributed by atoms with Gasteiger partial charge in [0.15, 0.2) is 0 Å². The standard InChI is InChI=1S/C21H23N3O3S/c1-3-10-28(26,27)24-20-9-6-15(11-17(20)13-22-24)19-12-16(5-4-14(19)2)21(25)23-18-7-8-18/h4-6,9,11-13,18H,3,7-8,10H2,1-2H3,(H,23,25). The molecule has 1 aliphatic carbocycles. The van der Waals surface area contributed by atoms with E-state index in [4.69, 9.17) is 0 Å². The molecule has 1 amide bonds. The maximum Gasteiger partial charge on any atom is 0.254 e. The van der Waals surface area contributed by atoms with Crippen LogP contribution in [0.5, 0.6) is 0 Å². The number of nitrogens with one attached hydrogen (secondary N) is 1. The molecule has 1 aliphatic rings. The van der Waals surface area contributed by atoms with Crippen molar-refractivity contribution in [2.45, 2.75) is 39.2 Å². The molecule has 0 saturated heterocycles. The highest BCUT2D eigenvalue weighted by atomic mass is 32.2. The van der Waals surface area contributed by atoms with Gasteiger partial charge in [0.25, 0.3) is 15.9 Å². The van der Waals surface area contributed by atoms with Crippen LogP contribution in [0.1, 0.15) is 42.1 Å². The predicted octanol–water partition coefficient (Wildman–Crippen LogP) is 3.49. The number of carbonyl (C=O) groups is 1. The maximum atomic E-state index is 12.4. The van der Waals surface area contributed by atoms with Crippen LogP contribution in [0.4, 0.5) is 0 Å². The first-order chi connectivity index (χ1) is 13.4. The van der Waals surface area contributed by atoms with Gasteiger partial charge in [0, 0.05) is 17.0 Å². The summed E-state index contributed by atoms with van der Waals surface area (Å²) in [7, 11) is -3.45. The molecule has 28 heavy (non-hydrogen) atoms. The summed E-state index contributed by atoms with van der Waals surface area (Å²) in [6.45, 7) is 3.83. The number of hydrogen-bond donors (Lipinski definition) is 1. The smallest absolute Gasteiger partial charge is 0.254 e. The van der Waals surface area contributed by atoms with Crippen LogP contribution in [0.3, 0.4) is 0 Å². The van der Waals surface area contributed by atoms with E-state index in [9.17, 15) is 13.2 Å². The summed E-state index contributed by atoms with van der Waals surface area (Å²) in [5.41, 5.74) is 4.13. The minimum Gasteiger partial charge on any atom is -0.349 e. The van der Waals surface area contributed by atoms with Crippen molar-refractivity contribution >= 4 is 26.8 Å². The van der Waals surface area contributed by atoms with Gasteiger partial charge >= 0.3 is 0 Å². The number of aryl methyl sites for hydroxylation is 1. The molecule has 0 spiro atoms. The van der Waals surface area contributed by atoms with E-state index in [1.54, 1.807) is 12.3 Å². The molecule has 0 radical (unpaired) electrons. The number of hydrogen-bond acceptors (Lipinski definition) is 4. The fourth-order valence-electron chi connectivity index (χ4n) is 3.31. The molecular formula is C21H23N3O3S. The first kappa shape index (κ1) is 18.7. The van der Waals surface area contributed by atoms with E-state index in [-0.39, 0.29) is 11.7 Å². The molecule has 4 rings (SSSR count). The Morgan fingerprint density at radius 1 is 1.21 bits per heavy atom. The SMILES string of the molecule is CCCS(=O)(=O)n1ncc2cc(-c3cc(C(=O)NC4CC4)ccc3C)ccc21. The third-order valence-corrected chi connectivity index (χ3v) is 6.73. The van der Waals surface area contributed by atoms with E-state index in [0.717, 1.165) is 39.0 Å². The lowest BCUT2D eigenvalue weighted by Crippen LogP contribution is -2.25. The van der Waals surface area contributed by atoms with Crippen molar-refractivity contribution in [3.63, 3.8) is 0 Å². The van der Waals surface area contributed by atoms with Crippen molar-refractivity contribution in [2.24, 2.45) is 0 Å². The number of benzene rings is 2. The number of carbonyl (C=O) groups excluding carboxylic acids is 1. The van der Waals surface area contributed by atoms with Crippen LogP contribution in [-0.2, 0) is 10.0 Å². The van der Waals surface area contributed by atoms with E-state index in [1.165, 1.54) is 0 Å². The first-order valence-electron chi connectivity index (χ1n) is 9.52. The number of nitrogens with zero attached hydrogens (tertiary/aromatic N) is 2. The minimum atomic E-state index is -3.45. The molecule has 1 aromatic heterocycles. The molecule has 2 aromatic carbocycles. The van der Waals surface area contributed by atoms with Crippen molar-refractivity contribution in [3.8, 4) is 11.1 Å². The zero-order valence-corrected chi connectivity index (χ0v) is 16.8. The van der Waals surface area contributed by atoms with E-state index in [1.807, 2.05) is 44.2 Å². The maximum absolute atomic E-state index is 12.4. The Balaban J connectivity index is 1.72. The second-order valence-electron chi connectivity index (χ2n) is 7.35. The second kappa shape index (κ2) is 7.05. The highest BCUT2D eigenvalue weighted by Gasteiger charge is 2.24. The summed E-state index contributed by atoms with van der Waals surface area (Å²) >= 11 is 0. The zero-order valence-electron chi connectivity index (χ0n) is 16.0. The van der Waals surface area contributed by atoms with E-state index in [0.29, 0.717) is 23.5 Å². The van der Waals surface area contributed by atoms with Gasteiger partial charge in [-0.25, -0.2) is 8.42 Å². The molecule has 0 bridgehead atoms. The summed E-state index contributed by atoms with van der Waals surface area (Å²) in [5.74, 6) is 0.00583. The van der Waals surface area contributed by atoms with Gasteiger partial charge in [-0.2, -0.15) is 9.19 Å². The summed E-state index contributed by atoms with van der Waals surface area (Å²) in [6.07, 6.45) is 4.21. The van der Waals surface area contributed by atoms with E-state index >= 15 is 0 Å². The highest BCUT2D eigenvalue weighted by molar-refractivity contribution is 7.89. The molecule has 1 saturated carbocycles. The van der Waals surface area contributed by atoms with Gasteiger partial charge in [-0.15, -0.1) is 0 Å². The number of aromatic nitrogens is 2. The molecular weight excluding hydrogens is 374 g/mol. The monoisotopic (exact) mass is 397 g/mol. The van der Waals surface area contributed by atoms with Gasteiger partial charge in [0.2, 0.25) is 0 Å². The third kappa shape index (κ3) is 3.54. The lowest BCUT2D eigenvalue weighted by molar-refractivity contribution is 0.0951. The first-order valence-corrected chi connectivity index (χ1v) is 11.1. The molecule has 1 N–H and O–H groups in total. The Hall–Kier alpha value is -2.67. The van der Waals surface area contributed by atoms with Gasteiger partial charge in [0.05, 0.1) is 17.5 Å². The lowest BCUT2D eigenvalue weighted by atomic mass is 9.97. The largest absolute Gasteiger partial charge is 0.349 e. The highest BCUT2D eigenvalue weighted by Crippen LogP contribution is 2.29. The summed E-state index contributed by atoms with van der Waals surface area (Å²) in [6, 6.07) is 11.6. The van der Waals surface area contributed by atoms with Crippen LogP contribution in [0.15, 0.2) is 42.6 Å². The van der Waals surface area contributed by atoms with Gasteiger partial charge in [-0.1, -0.05) is 19.1 Å². The molecule has 6 nitrogen and oxygen atoms in total. The van der Waals surface area contributed by atoms with Crippen molar-refractivity contribution in [1.29, 1.82) is 0 Å². The molecule has 1 fully saturated rings. The number of amides is 1. The van der Waals surface area contributed by atoms with Gasteiger partial charge in [-0.3, -0.25) is 4.79 Å². The van der Waals surface area contributed by atoms with Crippen LogP contribution in [-0.4, -0.2) is 35.3 Å². The molecule has 0 atom stereocenters. The molecule has 3 aromatic rings. The molecule has 1 heterocycles. The van der Waals surface area contributed by atoms with Crippen LogP contribution in [0.2, 0.25) is 0 Å². The Kier molecular flexibility index (Phi) is 4.71. The molecule has 7 heteroatoms. The van der Waals surface area contributed by atoms with Crippen molar-refractivity contribution in [2.75, 3.05) is 5.75 Å². The summed E-state index contributed by atoms with van der Waals surface area (Å²) in [5, 5.41) is 7.86. The molecule has 0 aliphatic heterocycles. The van der Waals surface area contributed by atoms with Crippen LogP contribution < -0.4 is 5.32 Å².